The quantitative estimate of drug-likeness (QED) is 0.775. The highest BCUT2D eigenvalue weighted by Gasteiger charge is 2.16. The van der Waals surface area contributed by atoms with E-state index in [4.69, 9.17) is 5.11 Å². The minimum absolute atomic E-state index is 0.148. The van der Waals surface area contributed by atoms with E-state index < -0.39 is 0 Å². The number of hydrogen-bond donors (Lipinski definition) is 1. The summed E-state index contributed by atoms with van der Waals surface area (Å²) in [6, 6.07) is 6.89. The summed E-state index contributed by atoms with van der Waals surface area (Å²) in [5.74, 6) is -0.148. The van der Waals surface area contributed by atoms with E-state index in [1.54, 1.807) is 12.1 Å². The van der Waals surface area contributed by atoms with Gasteiger partial charge in [0, 0.05) is 39.3 Å². The smallest absolute Gasteiger partial charge is 0.123 e. The van der Waals surface area contributed by atoms with Gasteiger partial charge in [0.15, 0.2) is 0 Å². The molecule has 2 rings (SSSR count). The van der Waals surface area contributed by atoms with Gasteiger partial charge in [0.2, 0.25) is 0 Å². The molecule has 112 valence electrons. The van der Waals surface area contributed by atoms with Crippen molar-refractivity contribution in [1.29, 1.82) is 0 Å². The molecule has 1 aliphatic heterocycles. The molecule has 3 nitrogen and oxygen atoms in total. The van der Waals surface area contributed by atoms with Crippen molar-refractivity contribution in [2.75, 3.05) is 39.3 Å². The Morgan fingerprint density at radius 3 is 2.45 bits per heavy atom. The molecule has 0 aromatic heterocycles. The number of rotatable bonds is 7. The summed E-state index contributed by atoms with van der Waals surface area (Å²) in [6.07, 6.45) is 3.20. The maximum atomic E-state index is 13.1. The average molecular weight is 280 g/mol. The van der Waals surface area contributed by atoms with Gasteiger partial charge in [-0.15, -0.1) is 0 Å². The van der Waals surface area contributed by atoms with Crippen molar-refractivity contribution in [3.8, 4) is 0 Å². The molecule has 4 heteroatoms. The van der Waals surface area contributed by atoms with Crippen LogP contribution in [0.3, 0.4) is 0 Å². The second-order valence-electron chi connectivity index (χ2n) is 5.53. The van der Waals surface area contributed by atoms with Crippen LogP contribution in [0.15, 0.2) is 24.3 Å². The van der Waals surface area contributed by atoms with Gasteiger partial charge < -0.3 is 10.0 Å². The molecule has 1 saturated heterocycles. The monoisotopic (exact) mass is 280 g/mol. The lowest BCUT2D eigenvalue weighted by Gasteiger charge is -2.34. The van der Waals surface area contributed by atoms with E-state index in [1.165, 1.54) is 12.5 Å². The minimum Gasteiger partial charge on any atom is -0.396 e. The second-order valence-corrected chi connectivity index (χ2v) is 5.53. The topological polar surface area (TPSA) is 26.7 Å². The van der Waals surface area contributed by atoms with Crippen LogP contribution in [0.4, 0.5) is 4.39 Å². The van der Waals surface area contributed by atoms with Crippen molar-refractivity contribution in [2.45, 2.75) is 25.8 Å². The Hall–Kier alpha value is -0.970. The van der Waals surface area contributed by atoms with Crippen LogP contribution < -0.4 is 0 Å². The van der Waals surface area contributed by atoms with Crippen molar-refractivity contribution in [2.24, 2.45) is 0 Å². The van der Waals surface area contributed by atoms with Gasteiger partial charge in [-0.1, -0.05) is 12.1 Å². The molecule has 1 heterocycles. The Balaban J connectivity index is 1.66. The SMILES string of the molecule is OCCCCCN1CCN(Cc2cccc(F)c2)CC1. The molecule has 1 N–H and O–H groups in total. The van der Waals surface area contributed by atoms with Gasteiger partial charge in [-0.25, -0.2) is 4.39 Å². The highest BCUT2D eigenvalue weighted by atomic mass is 19.1. The van der Waals surface area contributed by atoms with Crippen molar-refractivity contribution >= 4 is 0 Å². The molecule has 20 heavy (non-hydrogen) atoms. The van der Waals surface area contributed by atoms with Gasteiger partial charge in [-0.2, -0.15) is 0 Å². The molecule has 0 radical (unpaired) electrons. The number of unbranched alkanes of at least 4 members (excludes halogenated alkanes) is 2. The van der Waals surface area contributed by atoms with E-state index in [-0.39, 0.29) is 5.82 Å². The predicted molar refractivity (Wildman–Crippen MR) is 79.1 cm³/mol. The molecular formula is C16H25FN2O. The molecule has 0 saturated carbocycles. The van der Waals surface area contributed by atoms with E-state index in [0.717, 1.165) is 57.7 Å². The minimum atomic E-state index is -0.148. The zero-order chi connectivity index (χ0) is 14.2. The number of nitrogens with zero attached hydrogens (tertiary/aromatic N) is 2. The van der Waals surface area contributed by atoms with E-state index in [2.05, 4.69) is 9.80 Å². The Morgan fingerprint density at radius 1 is 1.00 bits per heavy atom. The van der Waals surface area contributed by atoms with Gasteiger partial charge in [0.25, 0.3) is 0 Å². The van der Waals surface area contributed by atoms with Crippen LogP contribution in [0.25, 0.3) is 0 Å². The molecule has 1 aromatic rings. The third kappa shape index (κ3) is 5.19. The van der Waals surface area contributed by atoms with Crippen LogP contribution in [-0.4, -0.2) is 54.2 Å². The Bertz CT molecular complexity index is 392. The third-order valence-corrected chi connectivity index (χ3v) is 3.89. The Kier molecular flexibility index (Phi) is 6.43. The average Bonchev–Trinajstić information content (AvgIpc) is 2.45. The molecule has 1 aromatic carbocycles. The van der Waals surface area contributed by atoms with E-state index >= 15 is 0 Å². The van der Waals surface area contributed by atoms with Crippen LogP contribution >= 0.6 is 0 Å². The highest BCUT2D eigenvalue weighted by molar-refractivity contribution is 5.16. The largest absolute Gasteiger partial charge is 0.396 e. The lowest BCUT2D eigenvalue weighted by Crippen LogP contribution is -2.46. The van der Waals surface area contributed by atoms with Crippen molar-refractivity contribution < 1.29 is 9.50 Å². The van der Waals surface area contributed by atoms with Crippen LogP contribution in [0.5, 0.6) is 0 Å². The number of aliphatic hydroxyl groups excluding tert-OH is 1. The first-order valence-corrected chi connectivity index (χ1v) is 7.58. The van der Waals surface area contributed by atoms with Crippen LogP contribution in [0.1, 0.15) is 24.8 Å². The van der Waals surface area contributed by atoms with Gasteiger partial charge in [-0.05, 0) is 43.5 Å². The van der Waals surface area contributed by atoms with Gasteiger partial charge in [-0.3, -0.25) is 4.90 Å². The molecule has 0 spiro atoms. The summed E-state index contributed by atoms with van der Waals surface area (Å²) >= 11 is 0. The number of piperazine rings is 1. The molecule has 0 unspecified atom stereocenters. The van der Waals surface area contributed by atoms with Gasteiger partial charge >= 0.3 is 0 Å². The highest BCUT2D eigenvalue weighted by Crippen LogP contribution is 2.10. The predicted octanol–water partition coefficient (Wildman–Crippen LogP) is 2.11. The third-order valence-electron chi connectivity index (χ3n) is 3.89. The molecule has 1 fully saturated rings. The molecular weight excluding hydrogens is 255 g/mol. The summed E-state index contributed by atoms with van der Waals surface area (Å²) in [4.78, 5) is 4.87. The van der Waals surface area contributed by atoms with E-state index in [0.29, 0.717) is 6.61 Å². The maximum absolute atomic E-state index is 13.1. The van der Waals surface area contributed by atoms with Crippen LogP contribution in [0.2, 0.25) is 0 Å². The maximum Gasteiger partial charge on any atom is 0.123 e. The number of benzene rings is 1. The zero-order valence-electron chi connectivity index (χ0n) is 12.1. The summed E-state index contributed by atoms with van der Waals surface area (Å²) < 4.78 is 13.1. The summed E-state index contributed by atoms with van der Waals surface area (Å²) in [6.45, 7) is 6.57. The van der Waals surface area contributed by atoms with Crippen molar-refractivity contribution in [3.05, 3.63) is 35.6 Å². The number of halogens is 1. The summed E-state index contributed by atoms with van der Waals surface area (Å²) in [5, 5.41) is 8.75. The molecule has 0 amide bonds. The lowest BCUT2D eigenvalue weighted by molar-refractivity contribution is 0.125. The Labute approximate surface area is 121 Å². The van der Waals surface area contributed by atoms with Crippen LogP contribution in [-0.2, 0) is 6.54 Å². The van der Waals surface area contributed by atoms with Gasteiger partial charge in [0.1, 0.15) is 5.82 Å². The van der Waals surface area contributed by atoms with E-state index in [1.807, 2.05) is 6.07 Å². The fraction of sp³-hybridized carbons (Fsp3) is 0.625. The molecule has 0 aliphatic carbocycles. The first-order chi connectivity index (χ1) is 9.78. The van der Waals surface area contributed by atoms with E-state index in [9.17, 15) is 4.39 Å². The summed E-state index contributed by atoms with van der Waals surface area (Å²) in [5.41, 5.74) is 1.06. The number of hydrogen-bond acceptors (Lipinski definition) is 3. The fourth-order valence-corrected chi connectivity index (χ4v) is 2.69. The first kappa shape index (κ1) is 15.4. The zero-order valence-corrected chi connectivity index (χ0v) is 12.1. The molecule has 0 atom stereocenters. The second kappa shape index (κ2) is 8.35. The summed E-state index contributed by atoms with van der Waals surface area (Å²) in [7, 11) is 0. The number of aliphatic hydroxyl groups is 1. The van der Waals surface area contributed by atoms with Crippen molar-refractivity contribution in [3.63, 3.8) is 0 Å². The Morgan fingerprint density at radius 2 is 1.75 bits per heavy atom. The van der Waals surface area contributed by atoms with Gasteiger partial charge in [0.05, 0.1) is 0 Å². The van der Waals surface area contributed by atoms with Crippen molar-refractivity contribution in [1.82, 2.24) is 9.80 Å². The lowest BCUT2D eigenvalue weighted by atomic mass is 10.2. The normalized spacial score (nSPS) is 17.5. The standard InChI is InChI=1S/C16H25FN2O/c17-16-6-4-5-15(13-16)14-19-10-8-18(9-11-19)7-2-1-3-12-20/h4-6,13,20H,1-3,7-12,14H2. The first-order valence-electron chi connectivity index (χ1n) is 7.58. The fourth-order valence-electron chi connectivity index (χ4n) is 2.69. The molecule has 1 aliphatic rings. The molecule has 0 bridgehead atoms. The van der Waals surface area contributed by atoms with Crippen LogP contribution in [0, 0.1) is 5.82 Å².